The van der Waals surface area contributed by atoms with Crippen molar-refractivity contribution >= 4 is 39.3 Å². The Bertz CT molecular complexity index is 602. The molecule has 0 spiro atoms. The average molecular weight is 358 g/mol. The molecule has 0 atom stereocenters. The van der Waals surface area contributed by atoms with Gasteiger partial charge in [0.2, 0.25) is 0 Å². The number of rotatable bonds is 3. The average Bonchev–Trinajstić information content (AvgIpc) is 2.37. The van der Waals surface area contributed by atoms with Crippen LogP contribution in [0.2, 0.25) is 5.15 Å². The van der Waals surface area contributed by atoms with E-state index in [4.69, 9.17) is 11.6 Å². The fourth-order valence-electron chi connectivity index (χ4n) is 1.47. The van der Waals surface area contributed by atoms with E-state index in [1.54, 1.807) is 11.8 Å². The lowest BCUT2D eigenvalue weighted by Crippen LogP contribution is -2.01. The van der Waals surface area contributed by atoms with Crippen molar-refractivity contribution < 1.29 is 0 Å². The Labute approximate surface area is 131 Å². The summed E-state index contributed by atoms with van der Waals surface area (Å²) in [7, 11) is 0. The Morgan fingerprint density at radius 3 is 2.53 bits per heavy atom. The molecule has 2 aromatic rings. The second-order valence-electron chi connectivity index (χ2n) is 4.49. The molecule has 0 aliphatic heterocycles. The minimum Gasteiger partial charge on any atom is -0.226 e. The summed E-state index contributed by atoms with van der Waals surface area (Å²) < 4.78 is 1.06. The number of hydrogen-bond acceptors (Lipinski definition) is 3. The van der Waals surface area contributed by atoms with E-state index in [0.29, 0.717) is 5.15 Å². The van der Waals surface area contributed by atoms with Crippen molar-refractivity contribution in [1.29, 1.82) is 0 Å². The first-order chi connectivity index (χ1) is 8.99. The molecule has 5 heteroatoms. The Balaban J connectivity index is 2.42. The third-order valence-electron chi connectivity index (χ3n) is 2.62. The predicted octanol–water partition coefficient (Wildman–Crippen LogP) is 5.48. The van der Waals surface area contributed by atoms with Crippen LogP contribution in [0.4, 0.5) is 0 Å². The predicted molar refractivity (Wildman–Crippen MR) is 84.1 cm³/mol. The van der Waals surface area contributed by atoms with Crippen LogP contribution in [0, 0.1) is 6.92 Å². The van der Waals surface area contributed by atoms with Gasteiger partial charge in [0.05, 0.1) is 0 Å². The van der Waals surface area contributed by atoms with E-state index >= 15 is 0 Å². The summed E-state index contributed by atoms with van der Waals surface area (Å²) in [5.41, 5.74) is 0.923. The lowest BCUT2D eigenvalue weighted by atomic mass is 10.2. The van der Waals surface area contributed by atoms with Crippen LogP contribution in [0.15, 0.2) is 38.7 Å². The van der Waals surface area contributed by atoms with Crippen LogP contribution in [-0.4, -0.2) is 9.97 Å². The van der Waals surface area contributed by atoms with E-state index < -0.39 is 0 Å². The summed E-state index contributed by atoms with van der Waals surface area (Å²) in [5.74, 6) is 1.04. The maximum atomic E-state index is 6.19. The topological polar surface area (TPSA) is 25.8 Å². The molecule has 1 aromatic heterocycles. The molecule has 100 valence electrons. The minimum atomic E-state index is 0.261. The van der Waals surface area contributed by atoms with Gasteiger partial charge in [0, 0.05) is 20.8 Å². The van der Waals surface area contributed by atoms with Crippen molar-refractivity contribution in [3.8, 4) is 0 Å². The Morgan fingerprint density at radius 1 is 1.21 bits per heavy atom. The second kappa shape index (κ2) is 6.25. The lowest BCUT2D eigenvalue weighted by Gasteiger charge is -2.11. The van der Waals surface area contributed by atoms with Crippen LogP contribution in [0.1, 0.15) is 31.2 Å². The fourth-order valence-corrected chi connectivity index (χ4v) is 3.14. The molecular formula is C14H14BrClN2S. The number of hydrogen-bond donors (Lipinski definition) is 0. The van der Waals surface area contributed by atoms with Gasteiger partial charge in [0.15, 0.2) is 0 Å². The number of aromatic nitrogens is 2. The third-order valence-corrected chi connectivity index (χ3v) is 5.11. The molecule has 0 saturated carbocycles. The van der Waals surface area contributed by atoms with Gasteiger partial charge in [-0.25, -0.2) is 9.97 Å². The SMILES string of the molecule is Cc1c(Cl)nc(C(C)C)nc1Sc1ccccc1Br. The molecule has 0 fully saturated rings. The molecule has 0 radical (unpaired) electrons. The standard InChI is InChI=1S/C14H14BrClN2S/c1-8(2)13-17-12(16)9(3)14(18-13)19-11-7-5-4-6-10(11)15/h4-8H,1-3H3. The van der Waals surface area contributed by atoms with Crippen LogP contribution >= 0.6 is 39.3 Å². The first-order valence-electron chi connectivity index (χ1n) is 5.95. The number of halogens is 2. The lowest BCUT2D eigenvalue weighted by molar-refractivity contribution is 0.747. The Hall–Kier alpha value is -0.580. The van der Waals surface area contributed by atoms with Gasteiger partial charge in [0.1, 0.15) is 16.0 Å². The van der Waals surface area contributed by atoms with Crippen LogP contribution < -0.4 is 0 Å². The summed E-state index contributed by atoms with van der Waals surface area (Å²) in [4.78, 5) is 10.1. The van der Waals surface area contributed by atoms with E-state index in [0.717, 1.165) is 25.8 Å². The molecule has 0 aliphatic rings. The summed E-state index contributed by atoms with van der Waals surface area (Å²) in [5, 5.41) is 1.45. The van der Waals surface area contributed by atoms with Crippen molar-refractivity contribution in [2.45, 2.75) is 36.6 Å². The molecule has 2 nitrogen and oxygen atoms in total. The first-order valence-corrected chi connectivity index (χ1v) is 7.94. The van der Waals surface area contributed by atoms with Gasteiger partial charge in [-0.3, -0.25) is 0 Å². The highest BCUT2D eigenvalue weighted by Gasteiger charge is 2.13. The minimum absolute atomic E-state index is 0.261. The quantitative estimate of drug-likeness (QED) is 0.681. The monoisotopic (exact) mass is 356 g/mol. The normalized spacial score (nSPS) is 11.1. The van der Waals surface area contributed by atoms with Gasteiger partial charge >= 0.3 is 0 Å². The molecular weight excluding hydrogens is 344 g/mol. The Kier molecular flexibility index (Phi) is 4.87. The molecule has 0 bridgehead atoms. The smallest absolute Gasteiger partial charge is 0.136 e. The Morgan fingerprint density at radius 2 is 1.89 bits per heavy atom. The molecule has 1 heterocycles. The molecule has 0 unspecified atom stereocenters. The van der Waals surface area contributed by atoms with E-state index in [9.17, 15) is 0 Å². The first kappa shape index (κ1) is 14.8. The van der Waals surface area contributed by atoms with Crippen LogP contribution in [-0.2, 0) is 0 Å². The van der Waals surface area contributed by atoms with Crippen molar-refractivity contribution in [3.05, 3.63) is 45.3 Å². The van der Waals surface area contributed by atoms with Crippen molar-refractivity contribution in [3.63, 3.8) is 0 Å². The van der Waals surface area contributed by atoms with E-state index in [1.165, 1.54) is 0 Å². The van der Waals surface area contributed by atoms with Crippen LogP contribution in [0.25, 0.3) is 0 Å². The molecule has 0 aliphatic carbocycles. The van der Waals surface area contributed by atoms with Gasteiger partial charge in [-0.2, -0.15) is 0 Å². The number of nitrogens with zero attached hydrogens (tertiary/aromatic N) is 2. The zero-order valence-electron chi connectivity index (χ0n) is 10.9. The van der Waals surface area contributed by atoms with Crippen molar-refractivity contribution in [2.24, 2.45) is 0 Å². The third kappa shape index (κ3) is 3.50. The number of benzene rings is 1. The van der Waals surface area contributed by atoms with Gasteiger partial charge < -0.3 is 0 Å². The van der Waals surface area contributed by atoms with Crippen molar-refractivity contribution in [2.75, 3.05) is 0 Å². The molecule has 0 amide bonds. The highest BCUT2D eigenvalue weighted by atomic mass is 79.9. The molecule has 2 rings (SSSR count). The largest absolute Gasteiger partial charge is 0.226 e. The summed E-state index contributed by atoms with van der Waals surface area (Å²) >= 11 is 11.3. The molecule has 0 N–H and O–H groups in total. The van der Waals surface area contributed by atoms with Crippen LogP contribution in [0.5, 0.6) is 0 Å². The fraction of sp³-hybridized carbons (Fsp3) is 0.286. The molecule has 1 aromatic carbocycles. The highest BCUT2D eigenvalue weighted by molar-refractivity contribution is 9.10. The second-order valence-corrected chi connectivity index (χ2v) is 6.73. The van der Waals surface area contributed by atoms with Crippen molar-refractivity contribution in [1.82, 2.24) is 9.97 Å². The zero-order valence-corrected chi connectivity index (χ0v) is 14.1. The molecule has 19 heavy (non-hydrogen) atoms. The maximum absolute atomic E-state index is 6.19. The maximum Gasteiger partial charge on any atom is 0.136 e. The molecule has 0 saturated heterocycles. The summed E-state index contributed by atoms with van der Waals surface area (Å²) in [6.07, 6.45) is 0. The van der Waals surface area contributed by atoms with Crippen LogP contribution in [0.3, 0.4) is 0 Å². The van der Waals surface area contributed by atoms with E-state index in [-0.39, 0.29) is 5.92 Å². The summed E-state index contributed by atoms with van der Waals surface area (Å²) in [6.45, 7) is 6.08. The van der Waals surface area contributed by atoms with Gasteiger partial charge in [0.25, 0.3) is 0 Å². The van der Waals surface area contributed by atoms with Gasteiger partial charge in [-0.1, -0.05) is 49.3 Å². The zero-order chi connectivity index (χ0) is 14.0. The van der Waals surface area contributed by atoms with E-state index in [1.807, 2.05) is 25.1 Å². The van der Waals surface area contributed by atoms with Gasteiger partial charge in [-0.15, -0.1) is 0 Å². The van der Waals surface area contributed by atoms with E-state index in [2.05, 4.69) is 45.8 Å². The summed E-state index contributed by atoms with van der Waals surface area (Å²) in [6, 6.07) is 8.07. The highest BCUT2D eigenvalue weighted by Crippen LogP contribution is 2.35. The van der Waals surface area contributed by atoms with Gasteiger partial charge in [-0.05, 0) is 35.0 Å².